The number of rotatable bonds is 8. The first kappa shape index (κ1) is 28.1. The Kier molecular flexibility index (Phi) is 10.9. The second kappa shape index (κ2) is 10.8. The van der Waals surface area contributed by atoms with E-state index in [9.17, 15) is 0 Å². The molecule has 1 aliphatic heterocycles. The summed E-state index contributed by atoms with van der Waals surface area (Å²) in [4.78, 5) is 0.100. The van der Waals surface area contributed by atoms with Crippen LogP contribution in [0.25, 0.3) is 0 Å². The molecule has 0 amide bonds. The molecule has 0 radical (unpaired) electrons. The summed E-state index contributed by atoms with van der Waals surface area (Å²) >= 11 is 19.5. The Morgan fingerprint density at radius 1 is 0.464 bits per heavy atom. The van der Waals surface area contributed by atoms with Crippen molar-refractivity contribution in [2.24, 2.45) is 0 Å². The quantitative estimate of drug-likeness (QED) is 0.249. The minimum absolute atomic E-state index is 0.0251. The Hall–Kier alpha value is 2.11. The molecule has 4 atom stereocenters. The first-order chi connectivity index (χ1) is 12.8. The average Bonchev–Trinajstić information content (AvgIpc) is 2.63. The third-order valence-electron chi connectivity index (χ3n) is 5.59. The molecule has 1 rings (SSSR count). The van der Waals surface area contributed by atoms with Crippen LogP contribution in [0.2, 0.25) is 26.2 Å². The fraction of sp³-hybridized carbons (Fsp3) is 1.00. The van der Waals surface area contributed by atoms with Gasteiger partial charge in [0, 0.05) is 19.5 Å². The van der Waals surface area contributed by atoms with Crippen LogP contribution >= 0.6 is 50.5 Å². The van der Waals surface area contributed by atoms with Crippen molar-refractivity contribution in [3.8, 4) is 0 Å². The van der Waals surface area contributed by atoms with Crippen molar-refractivity contribution < 1.29 is 16.5 Å². The van der Waals surface area contributed by atoms with Gasteiger partial charge in [0.2, 0.25) is 0 Å². The van der Waals surface area contributed by atoms with E-state index in [1.165, 1.54) is 0 Å². The molecular weight excluding hydrogens is 497 g/mol. The van der Waals surface area contributed by atoms with Gasteiger partial charge in [0.25, 0.3) is 0 Å². The zero-order valence-corrected chi connectivity index (χ0v) is 26.1. The molecule has 28 heavy (non-hydrogen) atoms. The summed E-state index contributed by atoms with van der Waals surface area (Å²) in [5.41, 5.74) is 0. The van der Waals surface area contributed by atoms with E-state index in [1.807, 2.05) is 0 Å². The van der Waals surface area contributed by atoms with Crippen LogP contribution in [0.3, 0.4) is 0 Å². The van der Waals surface area contributed by atoms with Crippen molar-refractivity contribution in [3.05, 3.63) is 0 Å². The Balaban J connectivity index is 3.59. The van der Waals surface area contributed by atoms with E-state index in [0.29, 0.717) is 0 Å². The lowest BCUT2D eigenvalue weighted by Crippen LogP contribution is -2.75. The molecule has 0 aromatic heterocycles. The molecule has 1 heterocycles. The summed E-state index contributed by atoms with van der Waals surface area (Å²) in [7, 11) is -10.9. The van der Waals surface area contributed by atoms with E-state index >= 15 is 0 Å². The maximum Gasteiger partial charge on any atom is 0.330 e. The molecule has 0 aliphatic carbocycles. The summed E-state index contributed by atoms with van der Waals surface area (Å²) in [5.74, 6) is 0. The second-order valence-corrected chi connectivity index (χ2v) is 26.8. The van der Waals surface area contributed by atoms with E-state index in [-0.39, 0.29) is 19.5 Å². The van der Waals surface area contributed by atoms with Crippen molar-refractivity contribution in [1.29, 1.82) is 0 Å². The molecule has 0 aromatic rings. The van der Waals surface area contributed by atoms with E-state index < -0.39 is 34.2 Å². The maximum absolute atomic E-state index is 6.95. The second-order valence-electron chi connectivity index (χ2n) is 8.17. The highest BCUT2D eigenvalue weighted by atomic mass is 32.1. The molecule has 1 aliphatic rings. The molecule has 0 bridgehead atoms. The largest absolute Gasteiger partial charge is 0.414 e. The van der Waals surface area contributed by atoms with Crippen LogP contribution in [0, 0.1) is 0 Å². The normalized spacial score (nSPS) is 41.6. The van der Waals surface area contributed by atoms with Crippen LogP contribution in [0.15, 0.2) is 0 Å². The predicted octanol–water partition coefficient (Wildman–Crippen LogP) is 5.34. The summed E-state index contributed by atoms with van der Waals surface area (Å²) in [6.45, 7) is 17.0. The van der Waals surface area contributed by atoms with E-state index in [0.717, 1.165) is 25.7 Å². The lowest BCUT2D eigenvalue weighted by atomic mass is 10.6. The van der Waals surface area contributed by atoms with Gasteiger partial charge in [0.1, 0.15) is 0 Å². The fourth-order valence-corrected chi connectivity index (χ4v) is 29.9. The van der Waals surface area contributed by atoms with Crippen molar-refractivity contribution in [2.45, 2.75) is 99.1 Å². The molecule has 4 nitrogen and oxygen atoms in total. The summed E-state index contributed by atoms with van der Waals surface area (Å²) in [6, 6.07) is 0. The number of hydrogen-bond acceptors (Lipinski definition) is 8. The van der Waals surface area contributed by atoms with E-state index in [1.54, 1.807) is 0 Å². The first-order valence-corrected chi connectivity index (χ1v) is 21.9. The molecule has 4 unspecified atom stereocenters. The molecule has 0 saturated carbocycles. The van der Waals surface area contributed by atoms with Crippen LogP contribution < -0.4 is 0 Å². The van der Waals surface area contributed by atoms with Gasteiger partial charge in [-0.15, -0.1) is 0 Å². The predicted molar refractivity (Wildman–Crippen MR) is 143 cm³/mol. The van der Waals surface area contributed by atoms with Crippen molar-refractivity contribution >= 4 is 84.8 Å². The molecular formula is C16H40O4S4Si4. The van der Waals surface area contributed by atoms with Gasteiger partial charge in [-0.25, -0.2) is 0 Å². The van der Waals surface area contributed by atoms with Crippen LogP contribution in [0.4, 0.5) is 0 Å². The maximum atomic E-state index is 6.95. The fourth-order valence-electron chi connectivity index (χ4n) is 3.72. The van der Waals surface area contributed by atoms with Crippen LogP contribution in [0.5, 0.6) is 0 Å². The molecule has 0 spiro atoms. The minimum Gasteiger partial charge on any atom is -0.414 e. The van der Waals surface area contributed by atoms with Crippen molar-refractivity contribution in [3.63, 3.8) is 0 Å². The highest BCUT2D eigenvalue weighted by Crippen LogP contribution is 2.41. The van der Waals surface area contributed by atoms with Crippen LogP contribution in [-0.4, -0.2) is 53.7 Å². The topological polar surface area (TPSA) is 36.9 Å². The lowest BCUT2D eigenvalue weighted by molar-refractivity contribution is 0.217. The molecule has 1 fully saturated rings. The zero-order chi connectivity index (χ0) is 22.0. The smallest absolute Gasteiger partial charge is 0.330 e. The van der Waals surface area contributed by atoms with Gasteiger partial charge in [0.15, 0.2) is 0 Å². The van der Waals surface area contributed by atoms with Gasteiger partial charge in [-0.3, -0.25) is 0 Å². The van der Waals surface area contributed by atoms with Crippen molar-refractivity contribution in [1.82, 2.24) is 0 Å². The summed E-state index contributed by atoms with van der Waals surface area (Å²) < 4.78 is 27.8. The highest BCUT2D eigenvalue weighted by Gasteiger charge is 2.62. The van der Waals surface area contributed by atoms with Crippen LogP contribution in [0.1, 0.15) is 53.4 Å². The molecule has 12 heteroatoms. The van der Waals surface area contributed by atoms with Gasteiger partial charge in [-0.2, -0.15) is 50.5 Å². The van der Waals surface area contributed by atoms with E-state index in [2.05, 4.69) is 53.9 Å². The third kappa shape index (κ3) is 6.12. The zero-order valence-electron chi connectivity index (χ0n) is 18.6. The summed E-state index contributed by atoms with van der Waals surface area (Å²) in [6.07, 6.45) is 3.47. The molecule has 0 N–H and O–H groups in total. The minimum atomic E-state index is -2.72. The van der Waals surface area contributed by atoms with Crippen molar-refractivity contribution in [2.75, 3.05) is 0 Å². The van der Waals surface area contributed by atoms with Crippen LogP contribution in [-0.2, 0) is 16.5 Å². The Morgan fingerprint density at radius 2 is 0.607 bits per heavy atom. The molecule has 1 saturated heterocycles. The number of hydrogen-bond donors (Lipinski definition) is 4. The van der Waals surface area contributed by atoms with Gasteiger partial charge >= 0.3 is 34.2 Å². The highest BCUT2D eigenvalue weighted by molar-refractivity contribution is 7.84. The molecule has 0 aromatic carbocycles. The Labute approximate surface area is 199 Å². The van der Waals surface area contributed by atoms with Gasteiger partial charge < -0.3 is 16.5 Å². The molecule has 168 valence electrons. The van der Waals surface area contributed by atoms with Gasteiger partial charge in [0.05, 0.1) is 0 Å². The first-order valence-electron chi connectivity index (χ1n) is 10.3. The van der Waals surface area contributed by atoms with E-state index in [4.69, 9.17) is 67.0 Å². The monoisotopic (exact) mass is 536 g/mol. The Bertz CT molecular complexity index is 423. The standard InChI is InChI=1S/C16H40O4S4Si4/c1-9-13(21)25(5)17-26(6,14(22)10-2)19-28(8,16(24)12-4)20-27(7,18-25)15(23)11-3/h13-16,21-24H,9-12H2,1-8H3. The summed E-state index contributed by atoms with van der Waals surface area (Å²) in [5, 5.41) is 0. The third-order valence-corrected chi connectivity index (χ3v) is 32.1. The Morgan fingerprint density at radius 3 is 0.714 bits per heavy atom. The number of thiol groups is 4. The SMILES string of the molecule is CCC(S)[Si]1(C)O[Si](C)(C(S)CC)O[Si](C)(C(S)CC)O[Si](C)(C(S)CC)O1. The van der Waals surface area contributed by atoms with Gasteiger partial charge in [-0.05, 0) is 51.9 Å². The van der Waals surface area contributed by atoms with Gasteiger partial charge in [-0.1, -0.05) is 27.7 Å². The average molecular weight is 537 g/mol. The lowest BCUT2D eigenvalue weighted by Gasteiger charge is -2.54.